The Morgan fingerprint density at radius 2 is 2.13 bits per heavy atom. The van der Waals surface area contributed by atoms with E-state index in [4.69, 9.17) is 9.72 Å². The second-order valence-corrected chi connectivity index (χ2v) is 7.04. The number of aromatic nitrogens is 4. The summed E-state index contributed by atoms with van der Waals surface area (Å²) in [5.41, 5.74) is 2.04. The molecule has 2 aliphatic heterocycles. The Morgan fingerprint density at radius 1 is 1.23 bits per heavy atom. The zero-order valence-corrected chi connectivity index (χ0v) is 16.1. The standard InChI is InChI=1S/C20H18FN7O2/c1-30-18-9-17(23-11-24-18)26-20(29)28-13-5-7-27(10-13)15-3-2-14(25-19(15)28)12-4-6-22-16(21)8-12/h2-4,6,8-9,11,13H,5,7,10H2,1H3,(H,23,24,26,29)/t13-/m0/s1. The Balaban J connectivity index is 1.52. The number of halogens is 1. The first-order chi connectivity index (χ1) is 14.6. The number of methoxy groups -OCH3 is 1. The molecule has 0 aromatic carbocycles. The summed E-state index contributed by atoms with van der Waals surface area (Å²) in [6, 6.07) is 7.96. The van der Waals surface area contributed by atoms with Crippen LogP contribution in [-0.4, -0.2) is 52.2 Å². The van der Waals surface area contributed by atoms with Gasteiger partial charge in [0.05, 0.1) is 24.5 Å². The Morgan fingerprint density at radius 3 is 2.97 bits per heavy atom. The summed E-state index contributed by atoms with van der Waals surface area (Å²) >= 11 is 0. The van der Waals surface area contributed by atoms with Crippen molar-refractivity contribution in [3.8, 4) is 17.1 Å². The van der Waals surface area contributed by atoms with Gasteiger partial charge in [0.25, 0.3) is 0 Å². The van der Waals surface area contributed by atoms with Gasteiger partial charge in [-0.25, -0.2) is 24.7 Å². The number of ether oxygens (including phenoxy) is 1. The topological polar surface area (TPSA) is 96.4 Å². The highest BCUT2D eigenvalue weighted by Crippen LogP contribution is 2.40. The van der Waals surface area contributed by atoms with Gasteiger partial charge >= 0.3 is 6.03 Å². The SMILES string of the molecule is COc1cc(NC(=O)N2c3nc(-c4ccnc(F)c4)ccc3N3CC[C@H]2C3)ncn1. The van der Waals surface area contributed by atoms with Gasteiger partial charge < -0.3 is 9.64 Å². The van der Waals surface area contributed by atoms with E-state index in [1.165, 1.54) is 25.7 Å². The molecule has 3 aromatic rings. The number of nitrogens with zero attached hydrogens (tertiary/aromatic N) is 6. The number of carbonyl (C=O) groups is 1. The van der Waals surface area contributed by atoms with Crippen molar-refractivity contribution in [3.05, 3.63) is 48.8 Å². The van der Waals surface area contributed by atoms with E-state index < -0.39 is 5.95 Å². The van der Waals surface area contributed by atoms with Crippen molar-refractivity contribution < 1.29 is 13.9 Å². The molecule has 0 spiro atoms. The predicted molar refractivity (Wildman–Crippen MR) is 108 cm³/mol. The van der Waals surface area contributed by atoms with Crippen molar-refractivity contribution in [1.29, 1.82) is 0 Å². The minimum atomic E-state index is -0.580. The minimum absolute atomic E-state index is 0.0156. The van der Waals surface area contributed by atoms with Gasteiger partial charge in [-0.05, 0) is 24.6 Å². The summed E-state index contributed by atoms with van der Waals surface area (Å²) in [6.45, 7) is 1.58. The maximum Gasteiger partial charge on any atom is 0.329 e. The fraction of sp³-hybridized carbons (Fsp3) is 0.250. The van der Waals surface area contributed by atoms with E-state index in [-0.39, 0.29) is 12.1 Å². The number of urea groups is 1. The van der Waals surface area contributed by atoms with Crippen molar-refractivity contribution in [2.24, 2.45) is 0 Å². The van der Waals surface area contributed by atoms with Crippen LogP contribution in [0, 0.1) is 5.95 Å². The molecular weight excluding hydrogens is 389 g/mol. The van der Waals surface area contributed by atoms with Crippen molar-refractivity contribution >= 4 is 23.4 Å². The van der Waals surface area contributed by atoms with E-state index in [1.807, 2.05) is 12.1 Å². The van der Waals surface area contributed by atoms with E-state index in [0.717, 1.165) is 25.2 Å². The monoisotopic (exact) mass is 407 g/mol. The molecule has 0 unspecified atom stereocenters. The van der Waals surface area contributed by atoms with Gasteiger partial charge in [0.1, 0.15) is 12.1 Å². The molecule has 0 radical (unpaired) electrons. The van der Waals surface area contributed by atoms with Crippen LogP contribution in [0.1, 0.15) is 6.42 Å². The number of rotatable bonds is 3. The largest absolute Gasteiger partial charge is 0.481 e. The second kappa shape index (κ2) is 7.21. The highest BCUT2D eigenvalue weighted by Gasteiger charge is 2.40. The van der Waals surface area contributed by atoms with Crippen LogP contribution < -0.4 is 19.9 Å². The third kappa shape index (κ3) is 3.15. The van der Waals surface area contributed by atoms with Crippen molar-refractivity contribution in [2.75, 3.05) is 35.3 Å². The first kappa shape index (κ1) is 18.2. The van der Waals surface area contributed by atoms with E-state index in [1.54, 1.807) is 17.0 Å². The predicted octanol–water partition coefficient (Wildman–Crippen LogP) is 2.71. The lowest BCUT2D eigenvalue weighted by Gasteiger charge is -2.35. The Hall–Kier alpha value is -3.82. The molecule has 2 bridgehead atoms. The van der Waals surface area contributed by atoms with Crippen LogP contribution in [0.5, 0.6) is 5.88 Å². The lowest BCUT2D eigenvalue weighted by atomic mass is 10.1. The fourth-order valence-electron chi connectivity index (χ4n) is 3.88. The van der Waals surface area contributed by atoms with Gasteiger partial charge in [-0.3, -0.25) is 10.2 Å². The molecule has 1 saturated heterocycles. The Bertz CT molecular complexity index is 1130. The third-order valence-corrected chi connectivity index (χ3v) is 5.28. The van der Waals surface area contributed by atoms with E-state index in [0.29, 0.717) is 28.8 Å². The van der Waals surface area contributed by atoms with E-state index in [2.05, 4.69) is 25.2 Å². The van der Waals surface area contributed by atoms with E-state index in [9.17, 15) is 9.18 Å². The maximum absolute atomic E-state index is 13.6. The molecule has 0 saturated carbocycles. The van der Waals surface area contributed by atoms with Crippen LogP contribution in [0.15, 0.2) is 42.9 Å². The van der Waals surface area contributed by atoms with Crippen LogP contribution in [0.25, 0.3) is 11.3 Å². The molecule has 5 heterocycles. The third-order valence-electron chi connectivity index (χ3n) is 5.28. The van der Waals surface area contributed by atoms with Crippen molar-refractivity contribution in [1.82, 2.24) is 19.9 Å². The van der Waals surface area contributed by atoms with Gasteiger partial charge in [-0.1, -0.05) is 0 Å². The molecule has 10 heteroatoms. The highest BCUT2D eigenvalue weighted by atomic mass is 19.1. The zero-order valence-electron chi connectivity index (χ0n) is 16.1. The number of anilines is 3. The summed E-state index contributed by atoms with van der Waals surface area (Å²) in [4.78, 5) is 33.4. The van der Waals surface area contributed by atoms with Gasteiger partial charge in [0.15, 0.2) is 5.82 Å². The summed E-state index contributed by atoms with van der Waals surface area (Å²) in [5, 5.41) is 2.81. The molecule has 1 N–H and O–H groups in total. The average molecular weight is 407 g/mol. The number of hydrogen-bond acceptors (Lipinski definition) is 7. The van der Waals surface area contributed by atoms with Gasteiger partial charge in [0.2, 0.25) is 11.8 Å². The first-order valence-electron chi connectivity index (χ1n) is 9.46. The first-order valence-corrected chi connectivity index (χ1v) is 9.46. The number of pyridine rings is 2. The van der Waals surface area contributed by atoms with Crippen LogP contribution in [0.4, 0.5) is 26.5 Å². The van der Waals surface area contributed by atoms with Crippen LogP contribution in [0.3, 0.4) is 0 Å². The molecule has 3 aromatic heterocycles. The van der Waals surface area contributed by atoms with Crippen LogP contribution >= 0.6 is 0 Å². The normalized spacial score (nSPS) is 16.9. The number of nitrogens with one attached hydrogen (secondary N) is 1. The quantitative estimate of drug-likeness (QED) is 0.667. The van der Waals surface area contributed by atoms with Crippen molar-refractivity contribution in [3.63, 3.8) is 0 Å². The van der Waals surface area contributed by atoms with Crippen LogP contribution in [0.2, 0.25) is 0 Å². The molecule has 152 valence electrons. The lowest BCUT2D eigenvalue weighted by Crippen LogP contribution is -2.48. The lowest BCUT2D eigenvalue weighted by molar-refractivity contribution is 0.254. The second-order valence-electron chi connectivity index (χ2n) is 7.04. The molecular formula is C20H18FN7O2. The zero-order chi connectivity index (χ0) is 20.7. The van der Waals surface area contributed by atoms with Gasteiger partial charge in [-0.2, -0.15) is 4.39 Å². The van der Waals surface area contributed by atoms with Crippen molar-refractivity contribution in [2.45, 2.75) is 12.5 Å². The Kier molecular flexibility index (Phi) is 4.38. The van der Waals surface area contributed by atoms with Gasteiger partial charge in [0, 0.05) is 37.0 Å². The van der Waals surface area contributed by atoms with Gasteiger partial charge in [-0.15, -0.1) is 0 Å². The smallest absolute Gasteiger partial charge is 0.329 e. The molecule has 2 aliphatic rings. The molecule has 2 amide bonds. The summed E-state index contributed by atoms with van der Waals surface area (Å²) < 4.78 is 18.7. The maximum atomic E-state index is 13.6. The molecule has 1 fully saturated rings. The summed E-state index contributed by atoms with van der Waals surface area (Å²) in [7, 11) is 1.50. The molecule has 9 nitrogen and oxygen atoms in total. The van der Waals surface area contributed by atoms with E-state index >= 15 is 0 Å². The summed E-state index contributed by atoms with van der Waals surface area (Å²) in [5.74, 6) is 0.646. The molecule has 1 atom stereocenters. The summed E-state index contributed by atoms with van der Waals surface area (Å²) in [6.07, 6.45) is 3.55. The van der Waals surface area contributed by atoms with Crippen LogP contribution in [-0.2, 0) is 0 Å². The number of amides is 2. The number of fused-ring (bicyclic) bond motifs is 4. The molecule has 5 rings (SSSR count). The fourth-order valence-corrected chi connectivity index (χ4v) is 3.88. The average Bonchev–Trinajstić information content (AvgIpc) is 3.18. The number of carbonyl (C=O) groups excluding carboxylic acids is 1. The molecule has 30 heavy (non-hydrogen) atoms. The minimum Gasteiger partial charge on any atom is -0.481 e. The Labute approximate surface area is 171 Å². The molecule has 0 aliphatic carbocycles. The number of hydrogen-bond donors (Lipinski definition) is 1. The highest BCUT2D eigenvalue weighted by molar-refractivity contribution is 6.04.